The number of halogens is 3. The topological polar surface area (TPSA) is 54.5 Å². The van der Waals surface area contributed by atoms with E-state index >= 15 is 0 Å². The van der Waals surface area contributed by atoms with Gasteiger partial charge in [0.05, 0.1) is 19.3 Å². The number of morpholine rings is 1. The van der Waals surface area contributed by atoms with Crippen molar-refractivity contribution in [2.45, 2.75) is 38.4 Å². The second kappa shape index (κ2) is 9.00. The Labute approximate surface area is 201 Å². The predicted molar refractivity (Wildman–Crippen MR) is 129 cm³/mol. The van der Waals surface area contributed by atoms with Gasteiger partial charge in [0.15, 0.2) is 0 Å². The van der Waals surface area contributed by atoms with Gasteiger partial charge in [0, 0.05) is 43.0 Å². The molecule has 0 aliphatic carbocycles. The number of fused-ring (bicyclic) bond motifs is 3. The molecule has 0 radical (unpaired) electrons. The fraction of sp³-hybridized carbons (Fsp3) is 0.333. The van der Waals surface area contributed by atoms with E-state index in [2.05, 4.69) is 21.3 Å². The molecule has 2 aliphatic heterocycles. The van der Waals surface area contributed by atoms with E-state index in [-0.39, 0.29) is 11.6 Å². The Balaban J connectivity index is 1.43. The zero-order valence-corrected chi connectivity index (χ0v) is 19.5. The van der Waals surface area contributed by atoms with Crippen LogP contribution in [0.4, 0.5) is 24.5 Å². The number of alkyl halides is 3. The van der Waals surface area contributed by atoms with Crippen molar-refractivity contribution in [1.29, 1.82) is 0 Å². The number of aromatic nitrogens is 1. The Bertz CT molecular complexity index is 1270. The van der Waals surface area contributed by atoms with Gasteiger partial charge in [-0.1, -0.05) is 18.2 Å². The van der Waals surface area contributed by atoms with Crippen LogP contribution in [0.15, 0.2) is 54.7 Å². The summed E-state index contributed by atoms with van der Waals surface area (Å²) in [5.41, 5.74) is 5.07. The average Bonchev–Trinajstić information content (AvgIpc) is 2.85. The third kappa shape index (κ3) is 4.62. The third-order valence-electron chi connectivity index (χ3n) is 6.67. The van der Waals surface area contributed by atoms with Crippen LogP contribution in [0.2, 0.25) is 0 Å². The molecule has 3 aromatic rings. The number of hydrogen-bond donors (Lipinski definition) is 1. The number of benzene rings is 2. The van der Waals surface area contributed by atoms with Crippen LogP contribution in [0.5, 0.6) is 0 Å². The van der Waals surface area contributed by atoms with Crippen LogP contribution in [-0.4, -0.2) is 42.9 Å². The molecule has 0 saturated carbocycles. The summed E-state index contributed by atoms with van der Waals surface area (Å²) in [6.07, 6.45) is 0.603. The molecule has 182 valence electrons. The minimum atomic E-state index is -3.14. The van der Waals surface area contributed by atoms with Crippen molar-refractivity contribution < 1.29 is 22.7 Å². The lowest BCUT2D eigenvalue weighted by Gasteiger charge is -2.43. The predicted octanol–water partition coefficient (Wildman–Crippen LogP) is 5.52. The van der Waals surface area contributed by atoms with Crippen LogP contribution < -0.4 is 10.2 Å². The van der Waals surface area contributed by atoms with Crippen molar-refractivity contribution in [1.82, 2.24) is 4.98 Å². The summed E-state index contributed by atoms with van der Waals surface area (Å²) < 4.78 is 47.4. The van der Waals surface area contributed by atoms with Gasteiger partial charge < -0.3 is 15.0 Å². The lowest BCUT2D eigenvalue weighted by Crippen LogP contribution is -2.54. The molecule has 2 aromatic carbocycles. The van der Waals surface area contributed by atoms with Gasteiger partial charge >= 0.3 is 0 Å². The van der Waals surface area contributed by atoms with Gasteiger partial charge in [-0.05, 0) is 59.5 Å². The zero-order valence-electron chi connectivity index (χ0n) is 19.5. The maximum atomic E-state index is 14.7. The van der Waals surface area contributed by atoms with Gasteiger partial charge in [0.2, 0.25) is 0 Å². The summed E-state index contributed by atoms with van der Waals surface area (Å²) in [7, 11) is 0. The Hall–Kier alpha value is -3.39. The first kappa shape index (κ1) is 23.4. The summed E-state index contributed by atoms with van der Waals surface area (Å²) in [6.45, 7) is 4.31. The lowest BCUT2D eigenvalue weighted by molar-refractivity contribution is 0.0127. The number of ether oxygens (including phenoxy) is 1. The number of aryl methyl sites for hydroxylation is 1. The highest BCUT2D eigenvalue weighted by molar-refractivity contribution is 6.04. The van der Waals surface area contributed by atoms with Crippen molar-refractivity contribution in [3.63, 3.8) is 0 Å². The molecule has 5 rings (SSSR count). The number of carbonyl (C=O) groups is 1. The van der Waals surface area contributed by atoms with Crippen LogP contribution in [0, 0.1) is 6.92 Å². The molecule has 1 aromatic heterocycles. The molecule has 5 nitrogen and oxygen atoms in total. The number of amides is 1. The van der Waals surface area contributed by atoms with Gasteiger partial charge in [0.1, 0.15) is 11.9 Å². The minimum Gasteiger partial charge on any atom is -0.377 e. The van der Waals surface area contributed by atoms with E-state index in [0.29, 0.717) is 31.9 Å². The van der Waals surface area contributed by atoms with E-state index in [1.54, 1.807) is 6.07 Å². The fourth-order valence-corrected chi connectivity index (χ4v) is 4.76. The van der Waals surface area contributed by atoms with Crippen molar-refractivity contribution in [2.24, 2.45) is 0 Å². The first-order chi connectivity index (χ1) is 16.7. The van der Waals surface area contributed by atoms with Crippen LogP contribution in [-0.2, 0) is 17.1 Å². The SMILES string of the molecule is Cc1ccc(NC(=O)c2ccnc(C(C)(F)F)c2)cc1-c1ccc2c(c1)N1CCOCC1C(F)C2. The lowest BCUT2D eigenvalue weighted by atomic mass is 9.90. The molecule has 0 spiro atoms. The van der Waals surface area contributed by atoms with E-state index in [1.807, 2.05) is 31.2 Å². The molecule has 8 heteroatoms. The van der Waals surface area contributed by atoms with Gasteiger partial charge in [-0.15, -0.1) is 0 Å². The zero-order chi connectivity index (χ0) is 24.7. The van der Waals surface area contributed by atoms with Gasteiger partial charge in [-0.2, -0.15) is 8.78 Å². The molecular formula is C27H26F3N3O2. The molecule has 1 fully saturated rings. The van der Waals surface area contributed by atoms with E-state index in [4.69, 9.17) is 4.74 Å². The molecule has 0 bridgehead atoms. The second-order valence-corrected chi connectivity index (χ2v) is 9.20. The third-order valence-corrected chi connectivity index (χ3v) is 6.67. The van der Waals surface area contributed by atoms with E-state index in [9.17, 15) is 18.0 Å². The quantitative estimate of drug-likeness (QED) is 0.533. The Morgan fingerprint density at radius 2 is 2.00 bits per heavy atom. The Morgan fingerprint density at radius 3 is 2.80 bits per heavy atom. The Kier molecular flexibility index (Phi) is 6.01. The van der Waals surface area contributed by atoms with Crippen molar-refractivity contribution in [3.05, 3.63) is 77.1 Å². The molecular weight excluding hydrogens is 455 g/mol. The normalized spacial score (nSPS) is 19.6. The minimum absolute atomic E-state index is 0.103. The first-order valence-electron chi connectivity index (χ1n) is 11.6. The second-order valence-electron chi connectivity index (χ2n) is 9.20. The van der Waals surface area contributed by atoms with Crippen LogP contribution in [0.25, 0.3) is 11.1 Å². The largest absolute Gasteiger partial charge is 0.377 e. The Morgan fingerprint density at radius 1 is 1.17 bits per heavy atom. The summed E-state index contributed by atoms with van der Waals surface area (Å²) in [5.74, 6) is -3.63. The van der Waals surface area contributed by atoms with Gasteiger partial charge in [-0.25, -0.2) is 4.39 Å². The number of nitrogens with one attached hydrogen (secondary N) is 1. The first-order valence-corrected chi connectivity index (χ1v) is 11.6. The molecule has 1 saturated heterocycles. The molecule has 1 N–H and O–H groups in total. The number of rotatable bonds is 4. The summed E-state index contributed by atoms with van der Waals surface area (Å²) in [5, 5.41) is 2.80. The molecule has 1 amide bonds. The smallest absolute Gasteiger partial charge is 0.286 e. The molecule has 2 aliphatic rings. The molecule has 35 heavy (non-hydrogen) atoms. The van der Waals surface area contributed by atoms with Crippen LogP contribution in [0.3, 0.4) is 0 Å². The van der Waals surface area contributed by atoms with Crippen molar-refractivity contribution >= 4 is 17.3 Å². The number of hydrogen-bond acceptors (Lipinski definition) is 4. The molecule has 3 heterocycles. The highest BCUT2D eigenvalue weighted by Gasteiger charge is 2.36. The standard InChI is InChI=1S/C27H26F3N3O2/c1-16-3-6-20(32-26(34)19-7-8-31-25(13-19)27(2,29)30)14-21(16)17-4-5-18-11-22(28)24-15-35-10-9-33(24)23(18)12-17/h3-8,12-14,22,24H,9-11,15H2,1-2H3,(H,32,34). The van der Waals surface area contributed by atoms with E-state index in [1.165, 1.54) is 12.3 Å². The maximum Gasteiger partial charge on any atom is 0.286 e. The summed E-state index contributed by atoms with van der Waals surface area (Å²) in [6, 6.07) is 13.8. The van der Waals surface area contributed by atoms with Crippen molar-refractivity contribution in [3.8, 4) is 11.1 Å². The number of carbonyl (C=O) groups excluding carboxylic acids is 1. The van der Waals surface area contributed by atoms with Crippen LogP contribution >= 0.6 is 0 Å². The van der Waals surface area contributed by atoms with Gasteiger partial charge in [-0.3, -0.25) is 9.78 Å². The highest BCUT2D eigenvalue weighted by atomic mass is 19.3. The van der Waals surface area contributed by atoms with Crippen LogP contribution in [0.1, 0.15) is 34.1 Å². The fourth-order valence-electron chi connectivity index (χ4n) is 4.76. The number of anilines is 2. The molecule has 2 unspecified atom stereocenters. The summed E-state index contributed by atoms with van der Waals surface area (Å²) in [4.78, 5) is 18.5. The maximum absolute atomic E-state index is 14.7. The van der Waals surface area contributed by atoms with E-state index < -0.39 is 23.7 Å². The average molecular weight is 482 g/mol. The number of pyridine rings is 1. The van der Waals surface area contributed by atoms with Crippen molar-refractivity contribution in [2.75, 3.05) is 30.0 Å². The number of nitrogens with zero attached hydrogens (tertiary/aromatic N) is 2. The van der Waals surface area contributed by atoms with E-state index in [0.717, 1.165) is 40.9 Å². The highest BCUT2D eigenvalue weighted by Crippen LogP contribution is 2.38. The molecule has 2 atom stereocenters. The monoisotopic (exact) mass is 481 g/mol. The summed E-state index contributed by atoms with van der Waals surface area (Å²) >= 11 is 0. The van der Waals surface area contributed by atoms with Gasteiger partial charge in [0.25, 0.3) is 11.8 Å².